The van der Waals surface area contributed by atoms with Gasteiger partial charge in [-0.15, -0.1) is 0 Å². The van der Waals surface area contributed by atoms with Crippen molar-refractivity contribution in [3.63, 3.8) is 0 Å². The average molecular weight is 571 g/mol. The number of rotatable bonds is 29. The van der Waals surface area contributed by atoms with Crippen molar-refractivity contribution in [2.45, 2.75) is 187 Å². The third kappa shape index (κ3) is 14.3. The lowest BCUT2D eigenvalue weighted by Gasteiger charge is -2.49. The van der Waals surface area contributed by atoms with Crippen molar-refractivity contribution in [2.24, 2.45) is 0 Å². The second kappa shape index (κ2) is 24.0. The van der Waals surface area contributed by atoms with Crippen molar-refractivity contribution in [1.29, 1.82) is 0 Å². The monoisotopic (exact) mass is 570 g/mol. The predicted octanol–water partition coefficient (Wildman–Crippen LogP) is 8.82. The molecule has 0 aliphatic carbocycles. The number of quaternary nitrogens is 1. The summed E-state index contributed by atoms with van der Waals surface area (Å²) in [5.74, 6) is -3.33. The summed E-state index contributed by atoms with van der Waals surface area (Å²) in [5.41, 5.74) is 0. The quantitative estimate of drug-likeness (QED) is 0.0612. The Bertz CT molecular complexity index is 612. The van der Waals surface area contributed by atoms with Gasteiger partial charge in [0.25, 0.3) is 0 Å². The van der Waals surface area contributed by atoms with Crippen LogP contribution in [0.4, 0.5) is 0 Å². The Morgan fingerprint density at radius 1 is 0.425 bits per heavy atom. The molecular formula is C33H64NO6+. The molecule has 0 heterocycles. The fourth-order valence-corrected chi connectivity index (χ4v) is 6.74. The molecule has 0 aliphatic heterocycles. The van der Waals surface area contributed by atoms with E-state index in [2.05, 4.69) is 6.92 Å². The number of carbonyl (C=O) groups is 3. The van der Waals surface area contributed by atoms with E-state index in [4.69, 9.17) is 0 Å². The van der Waals surface area contributed by atoms with Gasteiger partial charge < -0.3 is 15.3 Å². The van der Waals surface area contributed by atoms with E-state index in [1.165, 1.54) is 96.3 Å². The van der Waals surface area contributed by atoms with E-state index in [1.807, 2.05) is 0 Å². The second-order valence-electron chi connectivity index (χ2n) is 11.9. The Hall–Kier alpha value is -1.63. The van der Waals surface area contributed by atoms with Crippen LogP contribution in [0.15, 0.2) is 0 Å². The van der Waals surface area contributed by atoms with Crippen molar-refractivity contribution < 1.29 is 34.2 Å². The SMILES string of the molecule is CCCCCCCCCCCCCCCCCCCCC[N+](C(CC)C(=O)O)(C(CC)C(=O)O)C(CC)C(=O)O. The van der Waals surface area contributed by atoms with Crippen molar-refractivity contribution >= 4 is 17.9 Å². The second-order valence-corrected chi connectivity index (χ2v) is 11.9. The normalized spacial score (nSPS) is 15.3. The smallest absolute Gasteiger partial charge is 0.362 e. The van der Waals surface area contributed by atoms with Crippen LogP contribution in [0, 0.1) is 0 Å². The lowest BCUT2D eigenvalue weighted by molar-refractivity contribution is -0.973. The summed E-state index contributed by atoms with van der Waals surface area (Å²) in [4.78, 5) is 36.8. The molecule has 0 spiro atoms. The number of aliphatic carboxylic acids is 3. The first-order chi connectivity index (χ1) is 19.2. The minimum atomic E-state index is -1.11. The molecule has 0 aromatic heterocycles. The molecule has 7 nitrogen and oxygen atoms in total. The van der Waals surface area contributed by atoms with Crippen LogP contribution in [-0.2, 0) is 14.4 Å². The van der Waals surface area contributed by atoms with E-state index in [0.717, 1.165) is 19.3 Å². The zero-order chi connectivity index (χ0) is 30.2. The van der Waals surface area contributed by atoms with Crippen LogP contribution in [0.25, 0.3) is 0 Å². The maximum atomic E-state index is 12.3. The van der Waals surface area contributed by atoms with E-state index < -0.39 is 40.5 Å². The molecule has 3 N–H and O–H groups in total. The van der Waals surface area contributed by atoms with Crippen LogP contribution >= 0.6 is 0 Å². The number of unbranched alkanes of at least 4 members (excludes halogenated alkanes) is 18. The Labute approximate surface area is 245 Å². The van der Waals surface area contributed by atoms with Crippen molar-refractivity contribution in [2.75, 3.05) is 6.54 Å². The Balaban J connectivity index is 4.44. The number of carboxylic acid groups (broad SMARTS) is 3. The van der Waals surface area contributed by atoms with E-state index in [0.29, 0.717) is 6.42 Å². The van der Waals surface area contributed by atoms with Crippen molar-refractivity contribution in [3.8, 4) is 0 Å². The van der Waals surface area contributed by atoms with E-state index in [9.17, 15) is 29.7 Å². The van der Waals surface area contributed by atoms with Gasteiger partial charge in [0.2, 0.25) is 0 Å². The minimum absolute atomic E-state index is 0.196. The highest BCUT2D eigenvalue weighted by Crippen LogP contribution is 2.32. The van der Waals surface area contributed by atoms with Crippen molar-refractivity contribution in [3.05, 3.63) is 0 Å². The average Bonchev–Trinajstić information content (AvgIpc) is 2.90. The van der Waals surface area contributed by atoms with E-state index in [1.54, 1.807) is 20.8 Å². The lowest BCUT2D eigenvalue weighted by Crippen LogP contribution is -2.72. The molecule has 0 aliphatic rings. The minimum Gasteiger partial charge on any atom is -0.477 e. The molecule has 236 valence electrons. The largest absolute Gasteiger partial charge is 0.477 e. The first kappa shape index (κ1) is 38.4. The van der Waals surface area contributed by atoms with Crippen LogP contribution < -0.4 is 0 Å². The third-order valence-corrected chi connectivity index (χ3v) is 8.91. The van der Waals surface area contributed by atoms with Gasteiger partial charge in [-0.2, -0.15) is 0 Å². The van der Waals surface area contributed by atoms with Gasteiger partial charge in [-0.25, -0.2) is 14.4 Å². The summed E-state index contributed by atoms with van der Waals surface area (Å²) in [6, 6.07) is -3.17. The summed E-state index contributed by atoms with van der Waals surface area (Å²) in [6.07, 6.45) is 24.4. The highest BCUT2D eigenvalue weighted by atomic mass is 16.4. The third-order valence-electron chi connectivity index (χ3n) is 8.91. The standard InChI is InChI=1S/C33H63NO6/c1-5-9-10-11-12-13-14-15-16-17-18-19-20-21-22-23-24-25-26-27-34(28(6-2)31(35)36,29(7-3)32(37)38)30(8-4)33(39)40/h28-30H,5-27H2,1-4H3,(H2-,35,36,37,38,39,40)/p+1. The molecule has 7 heteroatoms. The fraction of sp³-hybridized carbons (Fsp3) is 0.909. The molecule has 0 rings (SSSR count). The number of carboxylic acids is 3. The zero-order valence-corrected chi connectivity index (χ0v) is 26.5. The highest BCUT2D eigenvalue weighted by molar-refractivity contribution is 5.78. The first-order valence-electron chi connectivity index (χ1n) is 16.8. The van der Waals surface area contributed by atoms with Crippen LogP contribution in [0.3, 0.4) is 0 Å². The van der Waals surface area contributed by atoms with Crippen LogP contribution in [0.2, 0.25) is 0 Å². The molecule has 0 aromatic rings. The van der Waals surface area contributed by atoms with E-state index >= 15 is 0 Å². The van der Waals surface area contributed by atoms with Gasteiger partial charge in [0.1, 0.15) is 0 Å². The fourth-order valence-electron chi connectivity index (χ4n) is 6.74. The Morgan fingerprint density at radius 2 is 0.650 bits per heavy atom. The van der Waals surface area contributed by atoms with Gasteiger partial charge in [0.05, 0.1) is 6.54 Å². The first-order valence-corrected chi connectivity index (χ1v) is 16.8. The van der Waals surface area contributed by atoms with Gasteiger partial charge in [-0.05, 0) is 12.8 Å². The number of hydrogen-bond acceptors (Lipinski definition) is 3. The van der Waals surface area contributed by atoms with Gasteiger partial charge in [0, 0.05) is 19.3 Å². The van der Waals surface area contributed by atoms with Crippen LogP contribution in [-0.4, -0.2) is 62.4 Å². The molecular weight excluding hydrogens is 506 g/mol. The zero-order valence-electron chi connectivity index (χ0n) is 26.5. The lowest BCUT2D eigenvalue weighted by atomic mass is 9.93. The van der Waals surface area contributed by atoms with Gasteiger partial charge in [0.15, 0.2) is 18.1 Å². The maximum absolute atomic E-state index is 12.3. The molecule has 0 fully saturated rings. The summed E-state index contributed by atoms with van der Waals surface area (Å²) in [7, 11) is 0. The van der Waals surface area contributed by atoms with Crippen LogP contribution in [0.1, 0.15) is 169 Å². The maximum Gasteiger partial charge on any atom is 0.362 e. The molecule has 0 radical (unpaired) electrons. The summed E-state index contributed by atoms with van der Waals surface area (Å²) in [5, 5.41) is 30.1. The van der Waals surface area contributed by atoms with Gasteiger partial charge >= 0.3 is 17.9 Å². The molecule has 0 amide bonds. The Kier molecular flexibility index (Phi) is 23.0. The van der Waals surface area contributed by atoms with Gasteiger partial charge in [-0.1, -0.05) is 137 Å². The molecule has 0 saturated heterocycles. The molecule has 3 unspecified atom stereocenters. The summed E-state index contributed by atoms with van der Waals surface area (Å²) < 4.78 is -0.400. The highest BCUT2D eigenvalue weighted by Gasteiger charge is 2.55. The van der Waals surface area contributed by atoms with Gasteiger partial charge in [-0.3, -0.25) is 4.48 Å². The molecule has 0 bridgehead atoms. The molecule has 40 heavy (non-hydrogen) atoms. The number of nitrogens with zero attached hydrogens (tertiary/aromatic N) is 1. The van der Waals surface area contributed by atoms with E-state index in [-0.39, 0.29) is 25.8 Å². The topological polar surface area (TPSA) is 112 Å². The summed E-state index contributed by atoms with van der Waals surface area (Å²) in [6.45, 7) is 7.67. The summed E-state index contributed by atoms with van der Waals surface area (Å²) >= 11 is 0. The number of hydrogen-bond donors (Lipinski definition) is 3. The molecule has 0 aromatic carbocycles. The Morgan fingerprint density at radius 3 is 0.850 bits per heavy atom. The molecule has 3 atom stereocenters. The predicted molar refractivity (Wildman–Crippen MR) is 164 cm³/mol. The van der Waals surface area contributed by atoms with Crippen LogP contribution in [0.5, 0.6) is 0 Å². The van der Waals surface area contributed by atoms with Crippen molar-refractivity contribution in [1.82, 2.24) is 0 Å². The molecule has 0 saturated carbocycles.